The van der Waals surface area contributed by atoms with Crippen LogP contribution in [-0.2, 0) is 13.1 Å². The van der Waals surface area contributed by atoms with E-state index in [-0.39, 0.29) is 12.1 Å². The van der Waals surface area contributed by atoms with Crippen LogP contribution in [0.1, 0.15) is 36.5 Å². The predicted molar refractivity (Wildman–Crippen MR) is 119 cm³/mol. The summed E-state index contributed by atoms with van der Waals surface area (Å²) in [5, 5.41) is 6.06. The predicted octanol–water partition coefficient (Wildman–Crippen LogP) is 3.87. The number of methoxy groups -OCH3 is 1. The van der Waals surface area contributed by atoms with Gasteiger partial charge in [0.15, 0.2) is 11.5 Å². The molecule has 1 aliphatic rings. The molecule has 2 aromatic rings. The number of amides is 2. The lowest BCUT2D eigenvalue weighted by molar-refractivity contribution is 0.186. The number of rotatable bonds is 8. The van der Waals surface area contributed by atoms with Crippen molar-refractivity contribution in [2.75, 3.05) is 26.8 Å². The highest BCUT2D eigenvalue weighted by Crippen LogP contribution is 2.28. The van der Waals surface area contributed by atoms with E-state index in [1.165, 1.54) is 11.1 Å². The van der Waals surface area contributed by atoms with E-state index in [1.54, 1.807) is 7.11 Å². The number of carbonyl (C=O) groups is 1. The summed E-state index contributed by atoms with van der Waals surface area (Å²) < 4.78 is 10.9. The number of hydrogen-bond donors (Lipinski definition) is 2. The summed E-state index contributed by atoms with van der Waals surface area (Å²) in [6.07, 6.45) is 1.94. The molecule has 1 aliphatic heterocycles. The Morgan fingerprint density at radius 1 is 1.13 bits per heavy atom. The third-order valence-corrected chi connectivity index (χ3v) is 5.56. The number of carbonyl (C=O) groups excluding carboxylic acids is 1. The topological polar surface area (TPSA) is 62.8 Å². The zero-order chi connectivity index (χ0) is 21.3. The lowest BCUT2D eigenvalue weighted by Crippen LogP contribution is -2.47. The van der Waals surface area contributed by atoms with Crippen molar-refractivity contribution in [1.29, 1.82) is 0 Å². The Bertz CT molecular complexity index is 832. The van der Waals surface area contributed by atoms with Crippen LogP contribution >= 0.6 is 0 Å². The quantitative estimate of drug-likeness (QED) is 0.692. The lowest BCUT2D eigenvalue weighted by atomic mass is 10.0. The van der Waals surface area contributed by atoms with Gasteiger partial charge < -0.3 is 20.1 Å². The van der Waals surface area contributed by atoms with E-state index < -0.39 is 0 Å². The van der Waals surface area contributed by atoms with Gasteiger partial charge in [-0.15, -0.1) is 0 Å². The van der Waals surface area contributed by atoms with Crippen molar-refractivity contribution >= 4 is 6.03 Å². The Balaban J connectivity index is 1.41. The molecule has 3 rings (SSSR count). The molecule has 0 unspecified atom stereocenters. The van der Waals surface area contributed by atoms with Crippen LogP contribution in [0.25, 0.3) is 0 Å². The number of benzene rings is 2. The molecule has 0 radical (unpaired) electrons. The Hall–Kier alpha value is -2.73. The molecule has 0 aliphatic carbocycles. The molecule has 0 bridgehead atoms. The fraction of sp³-hybridized carbons (Fsp3) is 0.458. The summed E-state index contributed by atoms with van der Waals surface area (Å²) in [7, 11) is 1.62. The molecule has 1 fully saturated rings. The molecule has 6 heteroatoms. The number of hydrogen-bond acceptors (Lipinski definition) is 4. The maximum atomic E-state index is 12.3. The minimum absolute atomic E-state index is 0.125. The first-order valence-electron chi connectivity index (χ1n) is 10.7. The van der Waals surface area contributed by atoms with E-state index in [2.05, 4.69) is 46.7 Å². The normalized spacial score (nSPS) is 14.9. The number of piperidine rings is 1. The minimum atomic E-state index is -0.125. The first-order valence-corrected chi connectivity index (χ1v) is 10.7. The summed E-state index contributed by atoms with van der Waals surface area (Å²) in [6, 6.07) is 14.3. The van der Waals surface area contributed by atoms with Crippen molar-refractivity contribution in [2.45, 2.75) is 45.8 Å². The van der Waals surface area contributed by atoms with Gasteiger partial charge in [0.25, 0.3) is 0 Å². The first kappa shape index (κ1) is 22.0. The summed E-state index contributed by atoms with van der Waals surface area (Å²) in [5.74, 6) is 1.39. The van der Waals surface area contributed by atoms with Crippen molar-refractivity contribution < 1.29 is 14.3 Å². The van der Waals surface area contributed by atoms with Gasteiger partial charge in [0.05, 0.1) is 13.7 Å². The maximum absolute atomic E-state index is 12.3. The standard InChI is InChI=1S/C24H33N3O3/c1-4-30-22-10-9-19(15-23(22)29-3)16-25-24(28)26-21-11-13-27(14-12-21)17-20-8-6-5-7-18(20)2/h5-10,15,21H,4,11-14,16-17H2,1-3H3,(H2,25,26,28). The number of nitrogens with zero attached hydrogens (tertiary/aromatic N) is 1. The van der Waals surface area contributed by atoms with Crippen molar-refractivity contribution in [3.63, 3.8) is 0 Å². The molecule has 1 heterocycles. The monoisotopic (exact) mass is 411 g/mol. The number of ether oxygens (including phenoxy) is 2. The van der Waals surface area contributed by atoms with Crippen LogP contribution < -0.4 is 20.1 Å². The molecular formula is C24H33N3O3. The van der Waals surface area contributed by atoms with E-state index in [9.17, 15) is 4.79 Å². The van der Waals surface area contributed by atoms with Crippen molar-refractivity contribution in [2.24, 2.45) is 0 Å². The van der Waals surface area contributed by atoms with Crippen LogP contribution in [0.2, 0.25) is 0 Å². The Morgan fingerprint density at radius 3 is 2.60 bits per heavy atom. The fourth-order valence-electron chi connectivity index (χ4n) is 3.78. The average Bonchev–Trinajstić information content (AvgIpc) is 2.76. The Kier molecular flexibility index (Phi) is 7.97. The highest BCUT2D eigenvalue weighted by atomic mass is 16.5. The Morgan fingerprint density at radius 2 is 1.90 bits per heavy atom. The first-order chi connectivity index (χ1) is 14.6. The molecule has 30 heavy (non-hydrogen) atoms. The molecule has 6 nitrogen and oxygen atoms in total. The van der Waals surface area contributed by atoms with Crippen molar-refractivity contribution in [1.82, 2.24) is 15.5 Å². The molecule has 1 saturated heterocycles. The van der Waals surface area contributed by atoms with E-state index in [1.807, 2.05) is 25.1 Å². The third kappa shape index (κ3) is 6.13. The fourth-order valence-corrected chi connectivity index (χ4v) is 3.78. The third-order valence-electron chi connectivity index (χ3n) is 5.56. The van der Waals surface area contributed by atoms with Crippen LogP contribution in [0.5, 0.6) is 11.5 Å². The molecule has 2 aromatic carbocycles. The molecule has 162 valence electrons. The van der Waals surface area contributed by atoms with Gasteiger partial charge in [-0.05, 0) is 55.5 Å². The second-order valence-electron chi connectivity index (χ2n) is 7.72. The van der Waals surface area contributed by atoms with Crippen LogP contribution in [-0.4, -0.2) is 43.8 Å². The second-order valence-corrected chi connectivity index (χ2v) is 7.72. The van der Waals surface area contributed by atoms with Gasteiger partial charge in [-0.25, -0.2) is 4.79 Å². The van der Waals surface area contributed by atoms with Gasteiger partial charge in [0.2, 0.25) is 0 Å². The van der Waals surface area contributed by atoms with Gasteiger partial charge in [-0.3, -0.25) is 4.90 Å². The largest absolute Gasteiger partial charge is 0.493 e. The Labute approximate surface area is 179 Å². The smallest absolute Gasteiger partial charge is 0.315 e. The molecule has 0 spiro atoms. The van der Waals surface area contributed by atoms with Gasteiger partial charge in [-0.1, -0.05) is 30.3 Å². The van der Waals surface area contributed by atoms with Crippen LogP contribution in [0.4, 0.5) is 4.79 Å². The van der Waals surface area contributed by atoms with Crippen molar-refractivity contribution in [3.8, 4) is 11.5 Å². The molecule has 0 saturated carbocycles. The van der Waals surface area contributed by atoms with Crippen LogP contribution in [0.15, 0.2) is 42.5 Å². The molecule has 2 amide bonds. The number of urea groups is 1. The van der Waals surface area contributed by atoms with E-state index >= 15 is 0 Å². The van der Waals surface area contributed by atoms with Gasteiger partial charge in [-0.2, -0.15) is 0 Å². The number of aryl methyl sites for hydroxylation is 1. The van der Waals surface area contributed by atoms with Crippen molar-refractivity contribution in [3.05, 3.63) is 59.2 Å². The van der Waals surface area contributed by atoms with Gasteiger partial charge in [0.1, 0.15) is 0 Å². The molecule has 0 atom stereocenters. The second kappa shape index (κ2) is 10.9. The SMILES string of the molecule is CCOc1ccc(CNC(=O)NC2CCN(Cc3ccccc3C)CC2)cc1OC. The van der Waals surface area contributed by atoms with Gasteiger partial charge >= 0.3 is 6.03 Å². The summed E-state index contributed by atoms with van der Waals surface area (Å²) in [4.78, 5) is 14.8. The number of nitrogens with one attached hydrogen (secondary N) is 2. The zero-order valence-electron chi connectivity index (χ0n) is 18.2. The molecular weight excluding hydrogens is 378 g/mol. The minimum Gasteiger partial charge on any atom is -0.493 e. The molecule has 0 aromatic heterocycles. The van der Waals surface area contributed by atoms with Crippen LogP contribution in [0, 0.1) is 6.92 Å². The molecule has 2 N–H and O–H groups in total. The highest BCUT2D eigenvalue weighted by Gasteiger charge is 2.21. The number of likely N-dealkylation sites (tertiary alicyclic amines) is 1. The van der Waals surface area contributed by atoms with Crippen LogP contribution in [0.3, 0.4) is 0 Å². The van der Waals surface area contributed by atoms with E-state index in [4.69, 9.17) is 9.47 Å². The van der Waals surface area contributed by atoms with E-state index in [0.717, 1.165) is 38.0 Å². The summed E-state index contributed by atoms with van der Waals surface area (Å²) in [6.45, 7) is 8.09. The maximum Gasteiger partial charge on any atom is 0.315 e. The van der Waals surface area contributed by atoms with E-state index in [0.29, 0.717) is 24.7 Å². The summed E-state index contributed by atoms with van der Waals surface area (Å²) in [5.41, 5.74) is 3.69. The summed E-state index contributed by atoms with van der Waals surface area (Å²) >= 11 is 0. The van der Waals surface area contributed by atoms with Gasteiger partial charge in [0, 0.05) is 32.2 Å². The lowest BCUT2D eigenvalue weighted by Gasteiger charge is -2.32. The zero-order valence-corrected chi connectivity index (χ0v) is 18.2. The highest BCUT2D eigenvalue weighted by molar-refractivity contribution is 5.74. The average molecular weight is 412 g/mol.